The number of ether oxygens (including phenoxy) is 2. The van der Waals surface area contributed by atoms with Crippen molar-refractivity contribution in [3.8, 4) is 11.5 Å². The molecule has 0 spiro atoms. The average molecular weight is 479 g/mol. The van der Waals surface area contributed by atoms with E-state index in [0.29, 0.717) is 37.7 Å². The molecule has 1 saturated heterocycles. The highest BCUT2D eigenvalue weighted by Crippen LogP contribution is 2.31. The molecule has 0 bridgehead atoms. The van der Waals surface area contributed by atoms with E-state index in [1.807, 2.05) is 38.1 Å². The predicted molar refractivity (Wildman–Crippen MR) is 127 cm³/mol. The van der Waals surface area contributed by atoms with Gasteiger partial charge in [-0.05, 0) is 69.2 Å². The first-order valence-corrected chi connectivity index (χ1v) is 13.3. The first kappa shape index (κ1) is 24.4. The van der Waals surface area contributed by atoms with Crippen LogP contribution in [0.5, 0.6) is 11.5 Å². The number of carbonyl (C=O) groups is 1. The van der Waals surface area contributed by atoms with Crippen molar-refractivity contribution < 1.29 is 22.7 Å². The first-order chi connectivity index (χ1) is 15.4. The molecule has 32 heavy (non-hydrogen) atoms. The van der Waals surface area contributed by atoms with Gasteiger partial charge in [-0.2, -0.15) is 4.31 Å². The maximum atomic E-state index is 13.0. The molecule has 3 rings (SSSR count). The number of anilines is 1. The van der Waals surface area contributed by atoms with Crippen molar-refractivity contribution in [2.75, 3.05) is 37.4 Å². The fourth-order valence-electron chi connectivity index (χ4n) is 3.44. The topological polar surface area (TPSA) is 84.9 Å². The zero-order chi connectivity index (χ0) is 23.0. The summed E-state index contributed by atoms with van der Waals surface area (Å²) in [5, 5.41) is 2.82. The Balaban J connectivity index is 1.70. The van der Waals surface area contributed by atoms with E-state index in [9.17, 15) is 13.2 Å². The van der Waals surface area contributed by atoms with E-state index in [1.54, 1.807) is 12.1 Å². The summed E-state index contributed by atoms with van der Waals surface area (Å²) in [5.74, 6) is 1.18. The molecule has 1 N–H and O–H groups in total. The van der Waals surface area contributed by atoms with Crippen molar-refractivity contribution >= 4 is 33.4 Å². The van der Waals surface area contributed by atoms with Gasteiger partial charge in [0.15, 0.2) is 0 Å². The standard InChI is InChI=1S/C23H30N2O5S2/c1-3-29-18-8-10-19(11-9-18)31-17-23(26)24-21-16-20(12-13-22(21)30-4-2)32(27,28)25-14-6-5-7-15-25/h8-13,16H,3-7,14-15,17H2,1-2H3,(H,24,26). The van der Waals surface area contributed by atoms with E-state index >= 15 is 0 Å². The van der Waals surface area contributed by atoms with Crippen LogP contribution in [0, 0.1) is 0 Å². The Morgan fingerprint density at radius 3 is 2.34 bits per heavy atom. The van der Waals surface area contributed by atoms with Gasteiger partial charge in [0, 0.05) is 18.0 Å². The van der Waals surface area contributed by atoms with Crippen LogP contribution in [0.2, 0.25) is 0 Å². The number of carbonyl (C=O) groups excluding carboxylic acids is 1. The molecule has 1 aliphatic heterocycles. The third-order valence-electron chi connectivity index (χ3n) is 4.98. The van der Waals surface area contributed by atoms with Crippen LogP contribution in [-0.4, -0.2) is 50.7 Å². The van der Waals surface area contributed by atoms with Crippen LogP contribution in [-0.2, 0) is 14.8 Å². The molecule has 1 amide bonds. The fourth-order valence-corrected chi connectivity index (χ4v) is 5.68. The predicted octanol–water partition coefficient (Wildman–Crippen LogP) is 4.39. The lowest BCUT2D eigenvalue weighted by molar-refractivity contribution is -0.113. The molecule has 0 unspecified atom stereocenters. The monoisotopic (exact) mass is 478 g/mol. The number of piperidine rings is 1. The summed E-state index contributed by atoms with van der Waals surface area (Å²) in [6.45, 7) is 5.82. The second-order valence-corrected chi connectivity index (χ2v) is 10.3. The number of thioether (sulfide) groups is 1. The van der Waals surface area contributed by atoms with Crippen molar-refractivity contribution in [2.45, 2.75) is 42.9 Å². The third kappa shape index (κ3) is 6.40. The molecule has 0 aliphatic carbocycles. The minimum absolute atomic E-state index is 0.164. The highest BCUT2D eigenvalue weighted by molar-refractivity contribution is 8.00. The first-order valence-electron chi connectivity index (χ1n) is 10.9. The summed E-state index contributed by atoms with van der Waals surface area (Å²) in [6.07, 6.45) is 2.77. The number of rotatable bonds is 10. The fraction of sp³-hybridized carbons (Fsp3) is 0.435. The van der Waals surface area contributed by atoms with E-state index in [1.165, 1.54) is 22.1 Å². The lowest BCUT2D eigenvalue weighted by atomic mass is 10.2. The van der Waals surface area contributed by atoms with Gasteiger partial charge in [0.2, 0.25) is 15.9 Å². The molecule has 0 atom stereocenters. The molecule has 0 radical (unpaired) electrons. The number of hydrogen-bond acceptors (Lipinski definition) is 6. The molecule has 174 valence electrons. The van der Waals surface area contributed by atoms with Gasteiger partial charge in [-0.3, -0.25) is 4.79 Å². The molecule has 2 aromatic carbocycles. The maximum absolute atomic E-state index is 13.0. The SMILES string of the molecule is CCOc1ccc(SCC(=O)Nc2cc(S(=O)(=O)N3CCCCC3)ccc2OCC)cc1. The van der Waals surface area contributed by atoms with Crippen LogP contribution in [0.15, 0.2) is 52.3 Å². The number of amides is 1. The Kier molecular flexibility index (Phi) is 8.84. The van der Waals surface area contributed by atoms with Crippen LogP contribution in [0.4, 0.5) is 5.69 Å². The van der Waals surface area contributed by atoms with Gasteiger partial charge in [-0.15, -0.1) is 11.8 Å². The lowest BCUT2D eigenvalue weighted by Gasteiger charge is -2.26. The highest BCUT2D eigenvalue weighted by atomic mass is 32.2. The van der Waals surface area contributed by atoms with Crippen molar-refractivity contribution in [1.29, 1.82) is 0 Å². The molecule has 1 fully saturated rings. The Labute approximate surface area is 194 Å². The van der Waals surface area contributed by atoms with Gasteiger partial charge in [0.25, 0.3) is 0 Å². The van der Waals surface area contributed by atoms with E-state index < -0.39 is 10.0 Å². The summed E-state index contributed by atoms with van der Waals surface area (Å²) in [4.78, 5) is 13.7. The summed E-state index contributed by atoms with van der Waals surface area (Å²) < 4.78 is 38.6. The van der Waals surface area contributed by atoms with Gasteiger partial charge in [-0.25, -0.2) is 8.42 Å². The minimum Gasteiger partial charge on any atom is -0.494 e. The van der Waals surface area contributed by atoms with Crippen LogP contribution in [0.3, 0.4) is 0 Å². The number of hydrogen-bond donors (Lipinski definition) is 1. The Hall–Kier alpha value is -2.23. The van der Waals surface area contributed by atoms with Gasteiger partial charge < -0.3 is 14.8 Å². The van der Waals surface area contributed by atoms with Gasteiger partial charge in [0.1, 0.15) is 11.5 Å². The van der Waals surface area contributed by atoms with E-state index in [0.717, 1.165) is 29.9 Å². The molecule has 0 saturated carbocycles. The largest absolute Gasteiger partial charge is 0.494 e. The van der Waals surface area contributed by atoms with E-state index in [4.69, 9.17) is 9.47 Å². The molecule has 9 heteroatoms. The van der Waals surface area contributed by atoms with E-state index in [-0.39, 0.29) is 16.6 Å². The Bertz CT molecular complexity index is 1000. The maximum Gasteiger partial charge on any atom is 0.243 e. The third-order valence-corrected chi connectivity index (χ3v) is 7.89. The van der Waals surface area contributed by atoms with Gasteiger partial charge in [-0.1, -0.05) is 6.42 Å². The van der Waals surface area contributed by atoms with Crippen molar-refractivity contribution in [3.63, 3.8) is 0 Å². The second kappa shape index (κ2) is 11.6. The molecule has 1 heterocycles. The van der Waals surface area contributed by atoms with Crippen LogP contribution in [0.1, 0.15) is 33.1 Å². The highest BCUT2D eigenvalue weighted by Gasteiger charge is 2.27. The molecular weight excluding hydrogens is 448 g/mol. The summed E-state index contributed by atoms with van der Waals surface area (Å²) >= 11 is 1.39. The average Bonchev–Trinajstić information content (AvgIpc) is 2.80. The Morgan fingerprint density at radius 2 is 1.69 bits per heavy atom. The quantitative estimate of drug-likeness (QED) is 0.510. The molecule has 0 aromatic heterocycles. The minimum atomic E-state index is -3.61. The molecule has 7 nitrogen and oxygen atoms in total. The van der Waals surface area contributed by atoms with Crippen molar-refractivity contribution in [2.24, 2.45) is 0 Å². The lowest BCUT2D eigenvalue weighted by Crippen LogP contribution is -2.35. The van der Waals surface area contributed by atoms with E-state index in [2.05, 4.69) is 5.32 Å². The number of nitrogens with one attached hydrogen (secondary N) is 1. The summed E-state index contributed by atoms with van der Waals surface area (Å²) in [7, 11) is -3.61. The summed E-state index contributed by atoms with van der Waals surface area (Å²) in [6, 6.07) is 12.2. The van der Waals surface area contributed by atoms with Crippen LogP contribution < -0.4 is 14.8 Å². The van der Waals surface area contributed by atoms with Gasteiger partial charge >= 0.3 is 0 Å². The summed E-state index contributed by atoms with van der Waals surface area (Å²) in [5.41, 5.74) is 0.363. The Morgan fingerprint density at radius 1 is 1.00 bits per heavy atom. The number of sulfonamides is 1. The van der Waals surface area contributed by atoms with Gasteiger partial charge in [0.05, 0.1) is 29.5 Å². The smallest absolute Gasteiger partial charge is 0.243 e. The molecule has 2 aromatic rings. The van der Waals surface area contributed by atoms with Crippen LogP contribution in [0.25, 0.3) is 0 Å². The zero-order valence-electron chi connectivity index (χ0n) is 18.5. The molecule has 1 aliphatic rings. The number of benzene rings is 2. The number of nitrogens with zero attached hydrogens (tertiary/aromatic N) is 1. The zero-order valence-corrected chi connectivity index (χ0v) is 20.1. The second-order valence-electron chi connectivity index (χ2n) is 7.30. The van der Waals surface area contributed by atoms with Crippen LogP contribution >= 0.6 is 11.8 Å². The van der Waals surface area contributed by atoms with Crippen molar-refractivity contribution in [1.82, 2.24) is 4.31 Å². The van der Waals surface area contributed by atoms with Crippen molar-refractivity contribution in [3.05, 3.63) is 42.5 Å². The molecular formula is C23H30N2O5S2. The normalized spacial score (nSPS) is 14.7.